The highest BCUT2D eigenvalue weighted by atomic mass is 16.2. The van der Waals surface area contributed by atoms with Gasteiger partial charge in [0.15, 0.2) is 5.78 Å². The van der Waals surface area contributed by atoms with Crippen molar-refractivity contribution >= 4 is 29.1 Å². The maximum Gasteiger partial charge on any atom is 0.251 e. The highest BCUT2D eigenvalue weighted by Gasteiger charge is 2.42. The molecule has 36 heavy (non-hydrogen) atoms. The molecular formula is C28H35N5O3. The van der Waals surface area contributed by atoms with Gasteiger partial charge in [0.1, 0.15) is 5.82 Å². The van der Waals surface area contributed by atoms with Crippen molar-refractivity contribution in [3.05, 3.63) is 53.2 Å². The number of aromatic nitrogens is 1. The predicted octanol–water partition coefficient (Wildman–Crippen LogP) is 3.92. The molecule has 5 rings (SSSR count). The summed E-state index contributed by atoms with van der Waals surface area (Å²) in [7, 11) is 0. The molecule has 1 aromatic carbocycles. The number of primary amides is 1. The Labute approximate surface area is 212 Å². The predicted molar refractivity (Wildman–Crippen MR) is 139 cm³/mol. The minimum atomic E-state index is -0.511. The average Bonchev–Trinajstić information content (AvgIpc) is 3.69. The van der Waals surface area contributed by atoms with E-state index >= 15 is 0 Å². The molecule has 2 amide bonds. The van der Waals surface area contributed by atoms with Gasteiger partial charge >= 0.3 is 0 Å². The molecule has 2 unspecified atom stereocenters. The molecule has 2 bridgehead atoms. The Balaban J connectivity index is 1.23. The van der Waals surface area contributed by atoms with E-state index in [1.54, 1.807) is 24.4 Å². The highest BCUT2D eigenvalue weighted by molar-refractivity contribution is 6.02. The number of anilines is 2. The van der Waals surface area contributed by atoms with Crippen LogP contribution in [0.1, 0.15) is 89.4 Å². The molecule has 4 N–H and O–H groups in total. The molecule has 190 valence electrons. The van der Waals surface area contributed by atoms with Gasteiger partial charge in [0.2, 0.25) is 0 Å². The van der Waals surface area contributed by atoms with Crippen LogP contribution in [0.5, 0.6) is 0 Å². The Hall–Kier alpha value is -3.42. The average molecular weight is 490 g/mol. The van der Waals surface area contributed by atoms with Gasteiger partial charge in [0, 0.05) is 53.6 Å². The number of amides is 2. The van der Waals surface area contributed by atoms with Gasteiger partial charge in [-0.25, -0.2) is 4.98 Å². The lowest BCUT2D eigenvalue weighted by atomic mass is 9.96. The summed E-state index contributed by atoms with van der Waals surface area (Å²) in [6.07, 6.45) is 9.56. The number of carbonyl (C=O) groups excluding carboxylic acids is 3. The maximum atomic E-state index is 13.1. The van der Waals surface area contributed by atoms with Gasteiger partial charge in [-0.2, -0.15) is 0 Å². The molecule has 2 atom stereocenters. The van der Waals surface area contributed by atoms with Crippen molar-refractivity contribution < 1.29 is 14.4 Å². The van der Waals surface area contributed by atoms with Crippen LogP contribution in [-0.2, 0) is 0 Å². The molecule has 3 aliphatic rings. The molecule has 8 nitrogen and oxygen atoms in total. The summed E-state index contributed by atoms with van der Waals surface area (Å²) in [6.45, 7) is 2.81. The molecule has 0 radical (unpaired) electrons. The first-order chi connectivity index (χ1) is 17.4. The van der Waals surface area contributed by atoms with Crippen LogP contribution in [0, 0.1) is 5.92 Å². The van der Waals surface area contributed by atoms with Gasteiger partial charge in [0.25, 0.3) is 11.8 Å². The number of nitrogens with two attached hydrogens (primary N) is 1. The van der Waals surface area contributed by atoms with Crippen molar-refractivity contribution in [1.82, 2.24) is 10.3 Å². The minimum Gasteiger partial charge on any atom is -0.384 e. The first-order valence-electron chi connectivity index (χ1n) is 13.2. The van der Waals surface area contributed by atoms with Crippen LogP contribution >= 0.6 is 0 Å². The molecule has 2 aromatic rings. The third kappa shape index (κ3) is 5.08. The largest absolute Gasteiger partial charge is 0.384 e. The molecule has 1 aliphatic carbocycles. The maximum absolute atomic E-state index is 13.1. The van der Waals surface area contributed by atoms with Crippen LogP contribution in [0.2, 0.25) is 0 Å². The second kappa shape index (κ2) is 10.3. The molecule has 1 saturated carbocycles. The number of pyridine rings is 1. The first-order valence-corrected chi connectivity index (χ1v) is 13.2. The van der Waals surface area contributed by atoms with Gasteiger partial charge in [-0.3, -0.25) is 14.4 Å². The number of rotatable bonds is 10. The molecule has 3 fully saturated rings. The summed E-state index contributed by atoms with van der Waals surface area (Å²) in [6, 6.07) is 9.62. The summed E-state index contributed by atoms with van der Waals surface area (Å²) >= 11 is 0. The second-order valence-electron chi connectivity index (χ2n) is 10.4. The monoisotopic (exact) mass is 489 g/mol. The zero-order valence-electron chi connectivity index (χ0n) is 20.8. The normalized spacial score (nSPS) is 22.8. The standard InChI is InChI=1S/C28H35N5O3/c1-2-3-12-30-24-13-18(6-10-23(24)27(29)35)28(36)32-20-14-21-8-9-22(15-20)33(21)25-11-7-19(16-31-25)26(34)17-4-5-17/h6-7,10-11,13,16-17,20-22,30H,2-5,8-9,12,14-15H2,1H3,(H2,29,35)(H,32,36). The number of piperidine rings is 1. The van der Waals surface area contributed by atoms with Crippen LogP contribution in [-0.4, -0.2) is 47.3 Å². The number of ketones is 1. The van der Waals surface area contributed by atoms with Gasteiger partial charge in [0.05, 0.1) is 5.56 Å². The quantitative estimate of drug-likeness (QED) is 0.344. The number of hydrogen-bond acceptors (Lipinski definition) is 6. The van der Waals surface area contributed by atoms with Crippen molar-refractivity contribution in [2.45, 2.75) is 76.4 Å². The smallest absolute Gasteiger partial charge is 0.251 e. The number of nitrogens with zero attached hydrogens (tertiary/aromatic N) is 2. The van der Waals surface area contributed by atoms with Crippen LogP contribution < -0.4 is 21.3 Å². The highest BCUT2D eigenvalue weighted by Crippen LogP contribution is 2.39. The third-order valence-corrected chi connectivity index (χ3v) is 7.71. The number of nitrogens with one attached hydrogen (secondary N) is 2. The lowest BCUT2D eigenvalue weighted by molar-refractivity contribution is 0.0924. The number of Topliss-reactive ketones (excluding diaryl/α,β-unsaturated/α-hetero) is 1. The van der Waals surface area contributed by atoms with Crippen molar-refractivity contribution in [3.63, 3.8) is 0 Å². The summed E-state index contributed by atoms with van der Waals surface area (Å²) < 4.78 is 0. The fraction of sp³-hybridized carbons (Fsp3) is 0.500. The summed E-state index contributed by atoms with van der Waals surface area (Å²) in [5.41, 5.74) is 7.76. The van der Waals surface area contributed by atoms with E-state index < -0.39 is 5.91 Å². The van der Waals surface area contributed by atoms with E-state index in [0.717, 1.165) is 57.2 Å². The molecule has 1 aromatic heterocycles. The minimum absolute atomic E-state index is 0.0780. The third-order valence-electron chi connectivity index (χ3n) is 7.71. The van der Waals surface area contributed by atoms with Crippen LogP contribution in [0.4, 0.5) is 11.5 Å². The Kier molecular flexibility index (Phi) is 6.94. The van der Waals surface area contributed by atoms with Gasteiger partial charge in [-0.05, 0) is 75.3 Å². The van der Waals surface area contributed by atoms with E-state index in [4.69, 9.17) is 5.73 Å². The Morgan fingerprint density at radius 2 is 1.75 bits per heavy atom. The Bertz CT molecular complexity index is 1130. The molecular weight excluding hydrogens is 454 g/mol. The van der Waals surface area contributed by atoms with Crippen molar-refractivity contribution in [1.29, 1.82) is 0 Å². The Morgan fingerprint density at radius 3 is 2.36 bits per heavy atom. The number of carbonyl (C=O) groups is 3. The van der Waals surface area contributed by atoms with E-state index in [9.17, 15) is 14.4 Å². The van der Waals surface area contributed by atoms with Gasteiger partial charge < -0.3 is 21.3 Å². The number of fused-ring (bicyclic) bond motifs is 2. The van der Waals surface area contributed by atoms with Crippen LogP contribution in [0.3, 0.4) is 0 Å². The molecule has 2 aliphatic heterocycles. The molecule has 3 heterocycles. The molecule has 2 saturated heterocycles. The van der Waals surface area contributed by atoms with E-state index in [2.05, 4.69) is 27.4 Å². The van der Waals surface area contributed by atoms with E-state index in [-0.39, 0.29) is 23.7 Å². The van der Waals surface area contributed by atoms with Crippen LogP contribution in [0.15, 0.2) is 36.5 Å². The SMILES string of the molecule is CCCCNc1cc(C(=O)NC2CC3CCC(C2)N3c2ccc(C(=O)C3CC3)cn2)ccc1C(N)=O. The second-order valence-corrected chi connectivity index (χ2v) is 10.4. The summed E-state index contributed by atoms with van der Waals surface area (Å²) in [4.78, 5) is 44.3. The summed E-state index contributed by atoms with van der Waals surface area (Å²) in [5.74, 6) is 0.686. The lowest BCUT2D eigenvalue weighted by Crippen LogP contribution is -2.50. The topological polar surface area (TPSA) is 117 Å². The van der Waals surface area contributed by atoms with Gasteiger partial charge in [-0.1, -0.05) is 13.3 Å². The van der Waals surface area contributed by atoms with Crippen molar-refractivity contribution in [2.75, 3.05) is 16.8 Å². The number of unbranched alkanes of at least 4 members (excludes halogenated alkanes) is 1. The van der Waals surface area contributed by atoms with Crippen molar-refractivity contribution in [2.24, 2.45) is 11.7 Å². The van der Waals surface area contributed by atoms with Crippen LogP contribution in [0.25, 0.3) is 0 Å². The molecule has 8 heteroatoms. The molecule has 0 spiro atoms. The Morgan fingerprint density at radius 1 is 1.03 bits per heavy atom. The lowest BCUT2D eigenvalue weighted by Gasteiger charge is -2.40. The fourth-order valence-corrected chi connectivity index (χ4v) is 5.65. The number of hydrogen-bond donors (Lipinski definition) is 3. The number of benzene rings is 1. The first kappa shape index (κ1) is 24.3. The van der Waals surface area contributed by atoms with E-state index in [0.29, 0.717) is 41.0 Å². The van der Waals surface area contributed by atoms with E-state index in [1.807, 2.05) is 12.1 Å². The fourth-order valence-electron chi connectivity index (χ4n) is 5.65. The zero-order chi connectivity index (χ0) is 25.2. The van der Waals surface area contributed by atoms with Gasteiger partial charge in [-0.15, -0.1) is 0 Å². The summed E-state index contributed by atoms with van der Waals surface area (Å²) in [5, 5.41) is 6.47. The zero-order valence-corrected chi connectivity index (χ0v) is 20.8. The van der Waals surface area contributed by atoms with E-state index in [1.165, 1.54) is 0 Å². The van der Waals surface area contributed by atoms with Crippen molar-refractivity contribution in [3.8, 4) is 0 Å².